The van der Waals surface area contributed by atoms with Gasteiger partial charge in [0.1, 0.15) is 0 Å². The topological polar surface area (TPSA) is 62.2 Å². The monoisotopic (exact) mass is 421 g/mol. The smallest absolute Gasteiger partial charge is 0.0412 e. The molecule has 0 aromatic heterocycles. The summed E-state index contributed by atoms with van der Waals surface area (Å²) in [5, 5.41) is 8.03. The second-order valence-electron chi connectivity index (χ2n) is 8.33. The van der Waals surface area contributed by atoms with Crippen molar-refractivity contribution in [1.29, 1.82) is 5.41 Å². The fourth-order valence-electron chi connectivity index (χ4n) is 4.08. The maximum atomic E-state index is 8.03. The first-order valence-electron chi connectivity index (χ1n) is 11.9. The maximum absolute atomic E-state index is 8.03. The number of rotatable bonds is 8. The van der Waals surface area contributed by atoms with E-state index in [1.165, 1.54) is 46.9 Å². The minimum atomic E-state index is 0.526. The van der Waals surface area contributed by atoms with Gasteiger partial charge in [-0.15, -0.1) is 0 Å². The molecule has 1 aliphatic rings. The van der Waals surface area contributed by atoms with Crippen LogP contribution in [-0.2, 0) is 0 Å². The number of hydrogen-bond acceptors (Lipinski definition) is 3. The van der Waals surface area contributed by atoms with Crippen LogP contribution in [0.4, 0.5) is 0 Å². The molecule has 0 amide bonds. The Balaban J connectivity index is 0.00000233. The van der Waals surface area contributed by atoms with Crippen molar-refractivity contribution >= 4 is 18.0 Å². The summed E-state index contributed by atoms with van der Waals surface area (Å²) in [5.41, 5.74) is 15.7. The molecular formula is C28H43N3. The number of nitrogens with two attached hydrogens (primary N) is 1. The zero-order valence-electron chi connectivity index (χ0n) is 20.8. The molecule has 31 heavy (non-hydrogen) atoms. The minimum absolute atomic E-state index is 0.526. The van der Waals surface area contributed by atoms with Crippen LogP contribution in [0.25, 0.3) is 5.57 Å². The lowest BCUT2D eigenvalue weighted by Gasteiger charge is -2.26. The molecule has 0 aliphatic heterocycles. The molecule has 2 rings (SSSR count). The first-order chi connectivity index (χ1) is 14.9. The van der Waals surface area contributed by atoms with Gasteiger partial charge < -0.3 is 11.1 Å². The average Bonchev–Trinajstić information content (AvgIpc) is 2.78. The molecule has 0 heterocycles. The highest BCUT2D eigenvalue weighted by Gasteiger charge is 2.22. The molecule has 0 saturated carbocycles. The van der Waals surface area contributed by atoms with E-state index >= 15 is 0 Å². The molecule has 0 fully saturated rings. The summed E-state index contributed by atoms with van der Waals surface area (Å²) in [5.74, 6) is 0.526. The molecule has 0 bridgehead atoms. The fourth-order valence-corrected chi connectivity index (χ4v) is 4.08. The normalized spacial score (nSPS) is 15.4. The van der Waals surface area contributed by atoms with E-state index in [1.54, 1.807) is 6.20 Å². The van der Waals surface area contributed by atoms with Crippen LogP contribution >= 0.6 is 0 Å². The molecule has 3 N–H and O–H groups in total. The van der Waals surface area contributed by atoms with Crippen molar-refractivity contribution in [3.63, 3.8) is 0 Å². The zero-order valence-corrected chi connectivity index (χ0v) is 20.8. The Morgan fingerprint density at radius 2 is 1.77 bits per heavy atom. The lowest BCUT2D eigenvalue weighted by atomic mass is 9.78. The maximum Gasteiger partial charge on any atom is 0.0412 e. The van der Waals surface area contributed by atoms with Crippen molar-refractivity contribution in [2.45, 2.75) is 80.6 Å². The van der Waals surface area contributed by atoms with E-state index < -0.39 is 0 Å². The molecule has 0 unspecified atom stereocenters. The predicted molar refractivity (Wildman–Crippen MR) is 139 cm³/mol. The average molecular weight is 422 g/mol. The van der Waals surface area contributed by atoms with Gasteiger partial charge in [0, 0.05) is 36.3 Å². The largest absolute Gasteiger partial charge is 0.404 e. The molecular weight excluding hydrogens is 378 g/mol. The number of aryl methyl sites for hydroxylation is 2. The summed E-state index contributed by atoms with van der Waals surface area (Å²) >= 11 is 0. The molecule has 0 atom stereocenters. The van der Waals surface area contributed by atoms with Crippen molar-refractivity contribution in [3.8, 4) is 0 Å². The Kier molecular flexibility index (Phi) is 11.8. The second-order valence-corrected chi connectivity index (χ2v) is 8.33. The highest BCUT2D eigenvalue weighted by molar-refractivity contribution is 5.94. The molecule has 1 aliphatic carbocycles. The first kappa shape index (κ1) is 26.6. The quantitative estimate of drug-likeness (QED) is 0.330. The van der Waals surface area contributed by atoms with Crippen LogP contribution in [0.3, 0.4) is 0 Å². The van der Waals surface area contributed by atoms with Crippen LogP contribution < -0.4 is 5.73 Å². The van der Waals surface area contributed by atoms with Gasteiger partial charge >= 0.3 is 0 Å². The number of benzene rings is 1. The predicted octanol–water partition coefficient (Wildman–Crippen LogP) is 7.56. The third-order valence-electron chi connectivity index (χ3n) is 5.51. The van der Waals surface area contributed by atoms with Gasteiger partial charge in [0.2, 0.25) is 0 Å². The summed E-state index contributed by atoms with van der Waals surface area (Å²) in [7, 11) is 0. The number of aliphatic imine (C=N–C) groups is 1. The van der Waals surface area contributed by atoms with Gasteiger partial charge in [0.05, 0.1) is 0 Å². The second kappa shape index (κ2) is 13.8. The van der Waals surface area contributed by atoms with Gasteiger partial charge in [0.15, 0.2) is 0 Å². The van der Waals surface area contributed by atoms with Gasteiger partial charge in [-0.2, -0.15) is 0 Å². The van der Waals surface area contributed by atoms with Crippen LogP contribution in [0.5, 0.6) is 0 Å². The standard InChI is InChI=1S/C26H37N3.C2H6/c1-6-9-22(21(14-27)17-29-16-18(2)3)23-10-7-8-11-24(23)26-20(5)13-12-19(4)25(26)15-28;1-2/h9,12-15,17-18,28H,6-8,10-11,16,27H2,1-5H3;1-2H3/b21-14+,22-9+,28-15?,29-17?;. The number of allylic oxidation sites excluding steroid dienone is 5. The van der Waals surface area contributed by atoms with Crippen molar-refractivity contribution in [2.24, 2.45) is 16.6 Å². The van der Waals surface area contributed by atoms with Crippen LogP contribution in [0, 0.1) is 25.2 Å². The zero-order chi connectivity index (χ0) is 23.4. The lowest BCUT2D eigenvalue weighted by molar-refractivity contribution is 0.667. The van der Waals surface area contributed by atoms with E-state index in [0.29, 0.717) is 5.92 Å². The van der Waals surface area contributed by atoms with Crippen LogP contribution in [-0.4, -0.2) is 19.0 Å². The van der Waals surface area contributed by atoms with Crippen molar-refractivity contribution in [3.05, 3.63) is 63.4 Å². The molecule has 0 spiro atoms. The highest BCUT2D eigenvalue weighted by atomic mass is 14.7. The van der Waals surface area contributed by atoms with E-state index in [0.717, 1.165) is 42.5 Å². The molecule has 1 aromatic rings. The van der Waals surface area contributed by atoms with Gasteiger partial charge in [-0.1, -0.05) is 52.8 Å². The summed E-state index contributed by atoms with van der Waals surface area (Å²) in [6.45, 7) is 15.6. The molecule has 0 saturated heterocycles. The van der Waals surface area contributed by atoms with Gasteiger partial charge in [0.25, 0.3) is 0 Å². The molecule has 1 aromatic carbocycles. The number of nitrogens with zero attached hydrogens (tertiary/aromatic N) is 1. The van der Waals surface area contributed by atoms with Crippen LogP contribution in [0.2, 0.25) is 0 Å². The highest BCUT2D eigenvalue weighted by Crippen LogP contribution is 2.40. The van der Waals surface area contributed by atoms with Gasteiger partial charge in [-0.25, -0.2) is 0 Å². The van der Waals surface area contributed by atoms with Gasteiger partial charge in [-0.3, -0.25) is 4.99 Å². The number of hydrogen-bond donors (Lipinski definition) is 2. The minimum Gasteiger partial charge on any atom is -0.404 e. The van der Waals surface area contributed by atoms with E-state index in [4.69, 9.17) is 11.1 Å². The molecule has 0 radical (unpaired) electrons. The Morgan fingerprint density at radius 3 is 2.35 bits per heavy atom. The summed E-state index contributed by atoms with van der Waals surface area (Å²) < 4.78 is 0. The van der Waals surface area contributed by atoms with Crippen molar-refractivity contribution in [2.75, 3.05) is 6.54 Å². The Bertz CT molecular complexity index is 851. The molecule has 3 heteroatoms. The Labute approximate surface area is 190 Å². The van der Waals surface area contributed by atoms with E-state index in [2.05, 4.69) is 57.8 Å². The summed E-state index contributed by atoms with van der Waals surface area (Å²) in [4.78, 5) is 4.63. The first-order valence-corrected chi connectivity index (χ1v) is 11.9. The fraction of sp³-hybridized carbons (Fsp3) is 0.500. The molecule has 3 nitrogen and oxygen atoms in total. The van der Waals surface area contributed by atoms with Crippen LogP contribution in [0.1, 0.15) is 89.0 Å². The van der Waals surface area contributed by atoms with Crippen molar-refractivity contribution < 1.29 is 0 Å². The third kappa shape index (κ3) is 7.05. The van der Waals surface area contributed by atoms with Crippen molar-refractivity contribution in [1.82, 2.24) is 0 Å². The molecule has 170 valence electrons. The Morgan fingerprint density at radius 1 is 1.13 bits per heavy atom. The van der Waals surface area contributed by atoms with Gasteiger partial charge in [-0.05, 0) is 85.3 Å². The van der Waals surface area contributed by atoms with E-state index in [-0.39, 0.29) is 0 Å². The SMILES string of the molecule is CC.CC/C=C(C1=C(c2c(C)ccc(C)c2C=N)CCCC1)\C(C=NCC(C)C)=C\N. The lowest BCUT2D eigenvalue weighted by Crippen LogP contribution is -2.09. The third-order valence-corrected chi connectivity index (χ3v) is 5.51. The summed E-state index contributed by atoms with van der Waals surface area (Å²) in [6, 6.07) is 4.30. The Hall–Kier alpha value is -2.42. The summed E-state index contributed by atoms with van der Waals surface area (Å²) in [6.07, 6.45) is 12.9. The van der Waals surface area contributed by atoms with E-state index in [9.17, 15) is 0 Å². The number of nitrogens with one attached hydrogen (secondary N) is 1. The van der Waals surface area contributed by atoms with Crippen LogP contribution in [0.15, 0.2) is 46.1 Å². The van der Waals surface area contributed by atoms with E-state index in [1.807, 2.05) is 20.1 Å².